The maximum atomic E-state index is 13.9. The van der Waals surface area contributed by atoms with Gasteiger partial charge in [-0.1, -0.05) is 78.7 Å². The molecule has 7 N–H and O–H groups in total. The summed E-state index contributed by atoms with van der Waals surface area (Å²) < 4.78 is 0. The Kier molecular flexibility index (Phi) is 15.7. The molecule has 50 heavy (non-hydrogen) atoms. The van der Waals surface area contributed by atoms with Gasteiger partial charge in [0.1, 0.15) is 12.1 Å². The molecule has 9 atom stereocenters. The van der Waals surface area contributed by atoms with Crippen LogP contribution in [0.4, 0.5) is 4.79 Å². The van der Waals surface area contributed by atoms with Gasteiger partial charge in [-0.15, -0.1) is 0 Å². The molecule has 4 rings (SSSR count). The van der Waals surface area contributed by atoms with E-state index in [2.05, 4.69) is 31.6 Å². The molecule has 1 aromatic heterocycles. The van der Waals surface area contributed by atoms with Gasteiger partial charge in [0.2, 0.25) is 17.7 Å². The number of amides is 5. The largest absolute Gasteiger partial charge is 0.390 e. The Morgan fingerprint density at radius 3 is 2.44 bits per heavy atom. The summed E-state index contributed by atoms with van der Waals surface area (Å²) in [7, 11) is 0. The second-order valence-corrected chi connectivity index (χ2v) is 16.2. The molecule has 0 aromatic carbocycles. The molecule has 1 aliphatic carbocycles. The topological polar surface area (TPSA) is 182 Å². The minimum Gasteiger partial charge on any atom is -0.390 e. The Balaban J connectivity index is 1.37. The number of rotatable bonds is 19. The van der Waals surface area contributed by atoms with E-state index in [9.17, 15) is 29.4 Å². The second-order valence-electron chi connectivity index (χ2n) is 14.9. The quantitative estimate of drug-likeness (QED) is 0.0840. The molecule has 3 fully saturated rings. The number of nitrogens with one attached hydrogen (secondary N) is 5. The number of aliphatic hydroxyl groups excluding tert-OH is 2. The van der Waals surface area contributed by atoms with E-state index in [4.69, 9.17) is 0 Å². The summed E-state index contributed by atoms with van der Waals surface area (Å²) in [5, 5.41) is 38.4. The fourth-order valence-electron chi connectivity index (χ4n) is 7.66. The van der Waals surface area contributed by atoms with E-state index in [0.29, 0.717) is 42.5 Å². The molecule has 1 saturated carbocycles. The number of carbonyl (C=O) groups is 4. The standard InChI is InChI=1S/C37H60N6O6S/c1-5-23(4)31(36(48)39-20-25-15-11-12-18-38-25)42-35(47)30(22(2)3)34(46)33(45)26(19-24-13-7-6-8-14-24)40-29(44)17-10-9-16-28-32-27(21-50-28)41-37(49)43-32/h11-12,15,18,22-24,26-28,30-34,45-46H,5-10,13-14,16-17,19-21H2,1-4H3,(H,39,48)(H,40,44)(H,42,47)(H2,41,43,49)/t23?,26-,27-,28-,30+,31-,32-,33+,34+/m0/s1. The van der Waals surface area contributed by atoms with Crippen LogP contribution in [-0.4, -0.2) is 86.3 Å². The molecule has 1 unspecified atom stereocenters. The van der Waals surface area contributed by atoms with Gasteiger partial charge in [-0.25, -0.2) is 4.79 Å². The lowest BCUT2D eigenvalue weighted by molar-refractivity contribution is -0.140. The van der Waals surface area contributed by atoms with Gasteiger partial charge in [-0.2, -0.15) is 11.8 Å². The van der Waals surface area contributed by atoms with Gasteiger partial charge >= 0.3 is 6.03 Å². The van der Waals surface area contributed by atoms with Crippen molar-refractivity contribution in [3.63, 3.8) is 0 Å². The number of hydrogen-bond acceptors (Lipinski definition) is 8. The van der Waals surface area contributed by atoms with Crippen LogP contribution in [0.2, 0.25) is 0 Å². The first-order valence-electron chi connectivity index (χ1n) is 18.8. The number of carbonyl (C=O) groups excluding carboxylic acids is 4. The van der Waals surface area contributed by atoms with Crippen molar-refractivity contribution in [3.05, 3.63) is 30.1 Å². The number of nitrogens with zero attached hydrogens (tertiary/aromatic N) is 1. The van der Waals surface area contributed by atoms with Crippen molar-refractivity contribution in [2.24, 2.45) is 23.7 Å². The SMILES string of the molecule is CCC(C)[C@H](NC(=O)[C@H](C(C)C)[C@@H](O)[C@H](O)[C@H](CC1CCCCC1)NC(=O)CCCC[C@@H]1SC[C@@H]2NC(=O)N[C@@H]21)C(=O)NCc1ccccn1. The number of fused-ring (bicyclic) bond motifs is 1. The lowest BCUT2D eigenvalue weighted by Gasteiger charge is -2.36. The zero-order chi connectivity index (χ0) is 36.2. The number of urea groups is 1. The zero-order valence-corrected chi connectivity index (χ0v) is 31.1. The van der Waals surface area contributed by atoms with Gasteiger partial charge in [0.15, 0.2) is 0 Å². The van der Waals surface area contributed by atoms with E-state index < -0.39 is 36.1 Å². The fourth-order valence-corrected chi connectivity index (χ4v) is 9.21. The molecular formula is C37H60N6O6S. The summed E-state index contributed by atoms with van der Waals surface area (Å²) in [6, 6.07) is 4.09. The molecule has 280 valence electrons. The van der Waals surface area contributed by atoms with Crippen molar-refractivity contribution in [2.45, 2.75) is 146 Å². The third-order valence-corrected chi connectivity index (χ3v) is 12.4. The number of unbranched alkanes of at least 4 members (excludes halogenated alkanes) is 1. The first kappa shape index (κ1) is 39.9. The molecule has 2 aliphatic heterocycles. The zero-order valence-electron chi connectivity index (χ0n) is 30.2. The first-order chi connectivity index (χ1) is 24.0. The maximum Gasteiger partial charge on any atom is 0.315 e. The highest BCUT2D eigenvalue weighted by Crippen LogP contribution is 2.33. The van der Waals surface area contributed by atoms with Crippen LogP contribution in [0, 0.1) is 23.7 Å². The Hall–Kier alpha value is -2.90. The molecule has 0 bridgehead atoms. The van der Waals surface area contributed by atoms with Crippen molar-refractivity contribution in [1.82, 2.24) is 31.6 Å². The van der Waals surface area contributed by atoms with E-state index >= 15 is 0 Å². The Labute approximate surface area is 301 Å². The highest BCUT2D eigenvalue weighted by Gasteiger charge is 2.43. The molecule has 0 spiro atoms. The number of aliphatic hydroxyl groups is 2. The molecule has 1 aromatic rings. The smallest absolute Gasteiger partial charge is 0.315 e. The van der Waals surface area contributed by atoms with E-state index in [1.807, 2.05) is 51.6 Å². The Bertz CT molecular complexity index is 1250. The Morgan fingerprint density at radius 1 is 1.00 bits per heavy atom. The van der Waals surface area contributed by atoms with Crippen molar-refractivity contribution in [1.29, 1.82) is 0 Å². The predicted octanol–water partition coefficient (Wildman–Crippen LogP) is 3.40. The maximum absolute atomic E-state index is 13.9. The van der Waals surface area contributed by atoms with Gasteiger partial charge in [-0.05, 0) is 49.1 Å². The fraction of sp³-hybridized carbons (Fsp3) is 0.757. The van der Waals surface area contributed by atoms with Crippen molar-refractivity contribution < 1.29 is 29.4 Å². The normalized spacial score (nSPS) is 24.2. The molecule has 0 radical (unpaired) electrons. The van der Waals surface area contributed by atoms with E-state index in [0.717, 1.165) is 44.3 Å². The van der Waals surface area contributed by atoms with Crippen molar-refractivity contribution >= 4 is 35.5 Å². The number of thioether (sulfide) groups is 1. The molecule has 3 heterocycles. The minimum atomic E-state index is -1.46. The van der Waals surface area contributed by atoms with E-state index in [1.54, 1.807) is 12.3 Å². The van der Waals surface area contributed by atoms with Crippen LogP contribution in [0.25, 0.3) is 0 Å². The third-order valence-electron chi connectivity index (χ3n) is 10.9. The van der Waals surface area contributed by atoms with E-state index in [1.165, 1.54) is 6.42 Å². The highest BCUT2D eigenvalue weighted by molar-refractivity contribution is 8.00. The van der Waals surface area contributed by atoms with Crippen LogP contribution >= 0.6 is 11.8 Å². The molecular weight excluding hydrogens is 657 g/mol. The summed E-state index contributed by atoms with van der Waals surface area (Å²) >= 11 is 1.85. The summed E-state index contributed by atoms with van der Waals surface area (Å²) in [6.07, 6.45) is 8.05. The third kappa shape index (κ3) is 11.3. The lowest BCUT2D eigenvalue weighted by atomic mass is 9.79. The molecule has 13 heteroatoms. The van der Waals surface area contributed by atoms with Crippen molar-refractivity contribution in [3.8, 4) is 0 Å². The van der Waals surface area contributed by atoms with Crippen LogP contribution < -0.4 is 26.6 Å². The van der Waals surface area contributed by atoms with E-state index in [-0.39, 0.29) is 48.3 Å². The molecule has 5 amide bonds. The van der Waals surface area contributed by atoms with Crippen LogP contribution in [0.1, 0.15) is 104 Å². The van der Waals surface area contributed by atoms with Gasteiger partial charge in [0, 0.05) is 23.6 Å². The monoisotopic (exact) mass is 716 g/mol. The van der Waals surface area contributed by atoms with Gasteiger partial charge in [-0.3, -0.25) is 19.4 Å². The van der Waals surface area contributed by atoms with Crippen molar-refractivity contribution in [2.75, 3.05) is 5.75 Å². The molecule has 2 saturated heterocycles. The molecule has 12 nitrogen and oxygen atoms in total. The minimum absolute atomic E-state index is 0.107. The average molecular weight is 717 g/mol. The van der Waals surface area contributed by atoms with Gasteiger partial charge in [0.05, 0.1) is 42.4 Å². The number of hydrogen-bond donors (Lipinski definition) is 7. The lowest BCUT2D eigenvalue weighted by Crippen LogP contribution is -2.57. The predicted molar refractivity (Wildman–Crippen MR) is 195 cm³/mol. The summed E-state index contributed by atoms with van der Waals surface area (Å²) in [6.45, 7) is 7.68. The Morgan fingerprint density at radius 2 is 1.76 bits per heavy atom. The highest BCUT2D eigenvalue weighted by atomic mass is 32.2. The van der Waals surface area contributed by atoms with Crippen LogP contribution in [0.3, 0.4) is 0 Å². The average Bonchev–Trinajstić information content (AvgIpc) is 3.66. The van der Waals surface area contributed by atoms with Crippen LogP contribution in [-0.2, 0) is 20.9 Å². The summed E-state index contributed by atoms with van der Waals surface area (Å²) in [4.78, 5) is 56.4. The van der Waals surface area contributed by atoms with Crippen LogP contribution in [0.15, 0.2) is 24.4 Å². The van der Waals surface area contributed by atoms with Gasteiger partial charge in [0.25, 0.3) is 0 Å². The summed E-state index contributed by atoms with van der Waals surface area (Å²) in [5.74, 6) is -1.37. The van der Waals surface area contributed by atoms with Crippen LogP contribution in [0.5, 0.6) is 0 Å². The number of aromatic nitrogens is 1. The number of pyridine rings is 1. The second kappa shape index (κ2) is 19.6. The van der Waals surface area contributed by atoms with Gasteiger partial charge < -0.3 is 36.8 Å². The summed E-state index contributed by atoms with van der Waals surface area (Å²) in [5.41, 5.74) is 0.697. The molecule has 3 aliphatic rings. The first-order valence-corrected chi connectivity index (χ1v) is 19.8.